The minimum Gasteiger partial charge on any atom is -0.493 e. The van der Waals surface area contributed by atoms with Gasteiger partial charge in [-0.3, -0.25) is 0 Å². The third kappa shape index (κ3) is 3.95. The van der Waals surface area contributed by atoms with E-state index in [0.717, 1.165) is 44.8 Å². The Morgan fingerprint density at radius 3 is 3.05 bits per heavy atom. The smallest absolute Gasteiger partial charge is 0.122 e. The van der Waals surface area contributed by atoms with Gasteiger partial charge in [0.1, 0.15) is 5.75 Å². The summed E-state index contributed by atoms with van der Waals surface area (Å²) in [6, 6.07) is 8.85. The maximum absolute atomic E-state index is 5.73. The number of para-hydroxylation sites is 1. The van der Waals surface area contributed by atoms with E-state index in [2.05, 4.69) is 30.4 Å². The van der Waals surface area contributed by atoms with Gasteiger partial charge < -0.3 is 14.8 Å². The van der Waals surface area contributed by atoms with Gasteiger partial charge in [-0.15, -0.1) is 0 Å². The number of fused-ring (bicyclic) bond motifs is 1. The Kier molecular flexibility index (Phi) is 5.67. The van der Waals surface area contributed by atoms with Crippen LogP contribution in [0.3, 0.4) is 0 Å². The third-order valence-corrected chi connectivity index (χ3v) is 3.71. The molecule has 3 heteroatoms. The molecule has 1 aliphatic rings. The van der Waals surface area contributed by atoms with Crippen molar-refractivity contribution in [3.8, 4) is 5.75 Å². The van der Waals surface area contributed by atoms with Crippen LogP contribution >= 0.6 is 0 Å². The highest BCUT2D eigenvalue weighted by molar-refractivity contribution is 5.39. The van der Waals surface area contributed by atoms with E-state index in [1.165, 1.54) is 5.56 Å². The van der Waals surface area contributed by atoms with Crippen LogP contribution in [-0.2, 0) is 4.74 Å². The van der Waals surface area contributed by atoms with Crippen LogP contribution in [-0.4, -0.2) is 32.9 Å². The van der Waals surface area contributed by atoms with Gasteiger partial charge >= 0.3 is 0 Å². The summed E-state index contributed by atoms with van der Waals surface area (Å²) in [5.41, 5.74) is 1.37. The van der Waals surface area contributed by atoms with Gasteiger partial charge in [0.15, 0.2) is 0 Å². The molecule has 1 aromatic rings. The average Bonchev–Trinajstić information content (AvgIpc) is 2.85. The summed E-state index contributed by atoms with van der Waals surface area (Å²) in [6.45, 7) is 4.87. The molecular formula is C16H25NO2. The SMILES string of the molecule is CCCNC(CCC1COc2ccccc21)COC. The second-order valence-corrected chi connectivity index (χ2v) is 5.23. The van der Waals surface area contributed by atoms with Crippen molar-refractivity contribution in [2.45, 2.75) is 38.1 Å². The van der Waals surface area contributed by atoms with Gasteiger partial charge in [-0.1, -0.05) is 25.1 Å². The number of methoxy groups -OCH3 is 1. The Hall–Kier alpha value is -1.06. The predicted octanol–water partition coefficient (Wildman–Crippen LogP) is 2.96. The van der Waals surface area contributed by atoms with Crippen molar-refractivity contribution in [1.29, 1.82) is 0 Å². The summed E-state index contributed by atoms with van der Waals surface area (Å²) in [5.74, 6) is 1.61. The number of hydrogen-bond acceptors (Lipinski definition) is 3. The van der Waals surface area contributed by atoms with Crippen LogP contribution in [0.25, 0.3) is 0 Å². The number of ether oxygens (including phenoxy) is 2. The normalized spacial score (nSPS) is 18.9. The monoisotopic (exact) mass is 263 g/mol. The van der Waals surface area contributed by atoms with Crippen LogP contribution < -0.4 is 10.1 Å². The Morgan fingerprint density at radius 1 is 1.42 bits per heavy atom. The summed E-state index contributed by atoms with van der Waals surface area (Å²) in [6.07, 6.45) is 3.45. The maximum Gasteiger partial charge on any atom is 0.122 e. The molecule has 106 valence electrons. The molecule has 3 nitrogen and oxygen atoms in total. The van der Waals surface area contributed by atoms with Crippen molar-refractivity contribution in [2.75, 3.05) is 26.9 Å². The fraction of sp³-hybridized carbons (Fsp3) is 0.625. The fourth-order valence-corrected chi connectivity index (χ4v) is 2.66. The molecule has 1 heterocycles. The Balaban J connectivity index is 1.84. The Morgan fingerprint density at radius 2 is 2.26 bits per heavy atom. The highest BCUT2D eigenvalue weighted by atomic mass is 16.5. The standard InChI is InChI=1S/C16H25NO2/c1-3-10-17-14(12-18-2)9-8-13-11-19-16-7-5-4-6-15(13)16/h4-7,13-14,17H,3,8-12H2,1-2H3. The second-order valence-electron chi connectivity index (χ2n) is 5.23. The molecule has 2 atom stereocenters. The summed E-state index contributed by atoms with van der Waals surface area (Å²) in [7, 11) is 1.77. The summed E-state index contributed by atoms with van der Waals surface area (Å²) in [5, 5.41) is 3.55. The molecule has 1 aliphatic heterocycles. The number of benzene rings is 1. The van der Waals surface area contributed by atoms with Crippen LogP contribution in [0.15, 0.2) is 24.3 Å². The molecule has 0 saturated heterocycles. The Labute approximate surface area is 116 Å². The highest BCUT2D eigenvalue weighted by Gasteiger charge is 2.24. The van der Waals surface area contributed by atoms with Crippen molar-refractivity contribution in [3.63, 3.8) is 0 Å². The van der Waals surface area contributed by atoms with Crippen LogP contribution in [0.5, 0.6) is 5.75 Å². The minimum atomic E-state index is 0.456. The van der Waals surface area contributed by atoms with Gasteiger partial charge in [0, 0.05) is 24.6 Å². The summed E-state index contributed by atoms with van der Waals surface area (Å²) >= 11 is 0. The molecule has 1 N–H and O–H groups in total. The van der Waals surface area contributed by atoms with Crippen molar-refractivity contribution in [3.05, 3.63) is 29.8 Å². The average molecular weight is 263 g/mol. The molecule has 0 fully saturated rings. The Bertz CT molecular complexity index is 381. The molecule has 0 aromatic heterocycles. The lowest BCUT2D eigenvalue weighted by atomic mass is 9.94. The molecule has 0 amide bonds. The quantitative estimate of drug-likeness (QED) is 0.782. The molecule has 0 saturated carbocycles. The summed E-state index contributed by atoms with van der Waals surface area (Å²) in [4.78, 5) is 0. The second kappa shape index (κ2) is 7.51. The molecule has 0 spiro atoms. The minimum absolute atomic E-state index is 0.456. The molecule has 0 aliphatic carbocycles. The van der Waals surface area contributed by atoms with Gasteiger partial charge in [0.25, 0.3) is 0 Å². The zero-order valence-electron chi connectivity index (χ0n) is 12.0. The third-order valence-electron chi connectivity index (χ3n) is 3.71. The largest absolute Gasteiger partial charge is 0.493 e. The van der Waals surface area contributed by atoms with E-state index in [1.807, 2.05) is 6.07 Å². The van der Waals surface area contributed by atoms with Crippen molar-refractivity contribution < 1.29 is 9.47 Å². The van der Waals surface area contributed by atoms with Gasteiger partial charge in [-0.05, 0) is 31.9 Å². The van der Waals surface area contributed by atoms with E-state index in [0.29, 0.717) is 12.0 Å². The lowest BCUT2D eigenvalue weighted by molar-refractivity contribution is 0.159. The molecule has 0 radical (unpaired) electrons. The summed E-state index contributed by atoms with van der Waals surface area (Å²) < 4.78 is 11.0. The zero-order chi connectivity index (χ0) is 13.5. The molecular weight excluding hydrogens is 238 g/mol. The first kappa shape index (κ1) is 14.4. The first-order valence-electron chi connectivity index (χ1n) is 7.29. The molecule has 2 unspecified atom stereocenters. The first-order chi connectivity index (χ1) is 9.35. The van der Waals surface area contributed by atoms with Crippen LogP contribution in [0, 0.1) is 0 Å². The van der Waals surface area contributed by atoms with E-state index in [-0.39, 0.29) is 0 Å². The lowest BCUT2D eigenvalue weighted by Crippen LogP contribution is -2.34. The van der Waals surface area contributed by atoms with Crippen molar-refractivity contribution >= 4 is 0 Å². The first-order valence-corrected chi connectivity index (χ1v) is 7.29. The van der Waals surface area contributed by atoms with Crippen molar-refractivity contribution in [2.24, 2.45) is 0 Å². The molecule has 19 heavy (non-hydrogen) atoms. The topological polar surface area (TPSA) is 30.5 Å². The van der Waals surface area contributed by atoms with Gasteiger partial charge in [0.2, 0.25) is 0 Å². The van der Waals surface area contributed by atoms with E-state index in [9.17, 15) is 0 Å². The van der Waals surface area contributed by atoms with Crippen molar-refractivity contribution in [1.82, 2.24) is 5.32 Å². The zero-order valence-corrected chi connectivity index (χ0v) is 12.0. The molecule has 0 bridgehead atoms. The molecule has 1 aromatic carbocycles. The predicted molar refractivity (Wildman–Crippen MR) is 77.9 cm³/mol. The van der Waals surface area contributed by atoms with Gasteiger partial charge in [-0.25, -0.2) is 0 Å². The highest BCUT2D eigenvalue weighted by Crippen LogP contribution is 2.36. The van der Waals surface area contributed by atoms with Crippen LogP contribution in [0.2, 0.25) is 0 Å². The van der Waals surface area contributed by atoms with Gasteiger partial charge in [-0.2, -0.15) is 0 Å². The fourth-order valence-electron chi connectivity index (χ4n) is 2.66. The number of rotatable bonds is 8. The van der Waals surface area contributed by atoms with E-state index in [4.69, 9.17) is 9.47 Å². The van der Waals surface area contributed by atoms with E-state index < -0.39 is 0 Å². The molecule has 2 rings (SSSR count). The van der Waals surface area contributed by atoms with Gasteiger partial charge in [0.05, 0.1) is 13.2 Å². The lowest BCUT2D eigenvalue weighted by Gasteiger charge is -2.19. The number of nitrogens with one attached hydrogen (secondary N) is 1. The number of hydrogen-bond donors (Lipinski definition) is 1. The van der Waals surface area contributed by atoms with Crippen LogP contribution in [0.1, 0.15) is 37.7 Å². The van der Waals surface area contributed by atoms with Crippen LogP contribution in [0.4, 0.5) is 0 Å². The maximum atomic E-state index is 5.73. The van der Waals surface area contributed by atoms with E-state index >= 15 is 0 Å². The van der Waals surface area contributed by atoms with E-state index in [1.54, 1.807) is 7.11 Å².